The van der Waals surface area contributed by atoms with E-state index in [1.54, 1.807) is 49.6 Å². The fraction of sp³-hybridized carbons (Fsp3) is 0.235. The van der Waals surface area contributed by atoms with Crippen molar-refractivity contribution in [1.82, 2.24) is 4.57 Å². The molecule has 1 aliphatic heterocycles. The molecular weight excluding hydrogens is 721 g/mol. The lowest BCUT2D eigenvalue weighted by Gasteiger charge is -2.23. The average Bonchev–Trinajstić information content (AvgIpc) is 3.38. The Morgan fingerprint density at radius 1 is 1.02 bits per heavy atom. The van der Waals surface area contributed by atoms with Crippen molar-refractivity contribution >= 4 is 46.0 Å². The summed E-state index contributed by atoms with van der Waals surface area (Å²) in [4.78, 5) is 31.8. The van der Waals surface area contributed by atoms with E-state index in [0.29, 0.717) is 56.7 Å². The van der Waals surface area contributed by atoms with Crippen LogP contribution in [0.15, 0.2) is 76.2 Å². The van der Waals surface area contributed by atoms with E-state index in [0.717, 1.165) is 14.7 Å². The number of nitriles is 1. The van der Waals surface area contributed by atoms with Crippen LogP contribution in [0.25, 0.3) is 6.08 Å². The standard InChI is InChI=1S/C34H30IN3O7S/c1-5-43-26-12-11-23(16-27(26)44-6-2)30-24(33(40)42-4)18-37-34-38(30)32(39)29(46-34)15-22-13-25(35)31(28(14-22)41-3)45-19-21-9-7-20(17-36)8-10-21/h7-16,18,30H,5-6,19H2,1-4H3/b29-15+/t30-/m1/s1. The monoisotopic (exact) mass is 751 g/mol. The number of ether oxygens (including phenoxy) is 5. The molecule has 4 aromatic rings. The third-order valence-corrected chi connectivity index (χ3v) is 8.82. The number of rotatable bonds is 11. The lowest BCUT2D eigenvalue weighted by atomic mass is 9.97. The highest BCUT2D eigenvalue weighted by Crippen LogP contribution is 2.36. The van der Waals surface area contributed by atoms with Crippen LogP contribution in [-0.2, 0) is 16.1 Å². The van der Waals surface area contributed by atoms with E-state index < -0.39 is 12.0 Å². The van der Waals surface area contributed by atoms with E-state index in [1.807, 2.05) is 32.0 Å². The summed E-state index contributed by atoms with van der Waals surface area (Å²) >= 11 is 3.39. The highest BCUT2D eigenvalue weighted by molar-refractivity contribution is 14.1. The normalized spacial score (nSPS) is 14.0. The van der Waals surface area contributed by atoms with E-state index in [1.165, 1.54) is 29.2 Å². The third-order valence-electron chi connectivity index (χ3n) is 7.02. The first kappa shape index (κ1) is 32.8. The topological polar surface area (TPSA) is 121 Å². The number of methoxy groups -OCH3 is 2. The van der Waals surface area contributed by atoms with E-state index in [4.69, 9.17) is 28.9 Å². The van der Waals surface area contributed by atoms with Crippen molar-refractivity contribution in [3.8, 4) is 29.1 Å². The van der Waals surface area contributed by atoms with Gasteiger partial charge >= 0.3 is 5.97 Å². The summed E-state index contributed by atoms with van der Waals surface area (Å²) in [5, 5.41) is 9.04. The number of fused-ring (bicyclic) bond motifs is 1. The smallest absolute Gasteiger partial charge is 0.337 e. The van der Waals surface area contributed by atoms with Crippen LogP contribution in [0.1, 0.15) is 42.1 Å². The van der Waals surface area contributed by atoms with Crippen LogP contribution in [0.4, 0.5) is 0 Å². The second-order valence-corrected chi connectivity index (χ2v) is 12.1. The summed E-state index contributed by atoms with van der Waals surface area (Å²) in [7, 11) is 2.85. The molecule has 0 aliphatic carbocycles. The number of carbonyl (C=O) groups is 1. The van der Waals surface area contributed by atoms with Crippen LogP contribution >= 0.6 is 33.9 Å². The van der Waals surface area contributed by atoms with E-state index in [9.17, 15) is 9.59 Å². The maximum absolute atomic E-state index is 14.0. The Balaban J connectivity index is 1.54. The number of halogens is 1. The number of aromatic nitrogens is 1. The molecule has 0 radical (unpaired) electrons. The van der Waals surface area contributed by atoms with Crippen molar-refractivity contribution in [2.24, 2.45) is 4.99 Å². The molecule has 0 saturated carbocycles. The highest BCUT2D eigenvalue weighted by atomic mass is 127. The number of thiazole rings is 1. The molecule has 0 saturated heterocycles. The third kappa shape index (κ3) is 6.80. The lowest BCUT2D eigenvalue weighted by molar-refractivity contribution is -0.136. The number of carbonyl (C=O) groups excluding carboxylic acids is 1. The predicted octanol–water partition coefficient (Wildman–Crippen LogP) is 4.88. The van der Waals surface area contributed by atoms with Gasteiger partial charge in [0.2, 0.25) is 0 Å². The molecular formula is C34H30IN3O7S. The summed E-state index contributed by atoms with van der Waals surface area (Å²) in [6.07, 6.45) is 3.22. The Morgan fingerprint density at radius 3 is 2.43 bits per heavy atom. The van der Waals surface area contributed by atoms with Gasteiger partial charge in [0.25, 0.3) is 5.56 Å². The summed E-state index contributed by atoms with van der Waals surface area (Å²) in [5.41, 5.74) is 2.75. The molecule has 0 unspecified atom stereocenters. The van der Waals surface area contributed by atoms with Crippen molar-refractivity contribution in [1.29, 1.82) is 5.26 Å². The Kier molecular flexibility index (Phi) is 10.4. The molecule has 236 valence electrons. The van der Waals surface area contributed by atoms with Crippen molar-refractivity contribution in [2.45, 2.75) is 26.5 Å². The molecule has 1 aliphatic rings. The van der Waals surface area contributed by atoms with Gasteiger partial charge in [0.15, 0.2) is 27.8 Å². The number of esters is 1. The van der Waals surface area contributed by atoms with E-state index in [2.05, 4.69) is 33.7 Å². The number of hydrogen-bond donors (Lipinski definition) is 0. The molecule has 12 heteroatoms. The molecule has 1 aromatic heterocycles. The van der Waals surface area contributed by atoms with E-state index in [-0.39, 0.29) is 17.7 Å². The van der Waals surface area contributed by atoms with Gasteiger partial charge in [-0.2, -0.15) is 5.26 Å². The van der Waals surface area contributed by atoms with Crippen LogP contribution in [0.2, 0.25) is 0 Å². The van der Waals surface area contributed by atoms with Crippen LogP contribution in [-0.4, -0.2) is 38.0 Å². The first-order valence-corrected chi connectivity index (χ1v) is 16.2. The number of hydrogen-bond acceptors (Lipinski definition) is 10. The lowest BCUT2D eigenvalue weighted by Crippen LogP contribution is -2.39. The SMILES string of the molecule is CCOc1ccc([C@@H]2C(C(=O)OC)=CN=c3s/c(=C/c4cc(I)c(OCc5ccc(C#N)cc5)c(OC)c4)c(=O)n32)cc1OCC. The average molecular weight is 752 g/mol. The second kappa shape index (κ2) is 14.7. The largest absolute Gasteiger partial charge is 0.493 e. The van der Waals surface area contributed by atoms with Gasteiger partial charge < -0.3 is 23.7 Å². The van der Waals surface area contributed by atoms with Gasteiger partial charge in [0.1, 0.15) is 6.61 Å². The zero-order chi connectivity index (χ0) is 32.8. The van der Waals surface area contributed by atoms with E-state index >= 15 is 0 Å². The fourth-order valence-corrected chi connectivity index (χ4v) is 6.68. The molecule has 0 N–H and O–H groups in total. The quantitative estimate of drug-likeness (QED) is 0.157. The van der Waals surface area contributed by atoms with Gasteiger partial charge in [-0.25, -0.2) is 9.79 Å². The molecule has 3 aromatic carbocycles. The summed E-state index contributed by atoms with van der Waals surface area (Å²) in [6, 6.07) is 17.5. The minimum absolute atomic E-state index is 0.216. The Labute approximate surface area is 282 Å². The van der Waals surface area contributed by atoms with Crippen LogP contribution in [0, 0.1) is 14.9 Å². The molecule has 5 rings (SSSR count). The zero-order valence-electron chi connectivity index (χ0n) is 25.5. The summed E-state index contributed by atoms with van der Waals surface area (Å²) in [5.74, 6) is 1.55. The van der Waals surface area contributed by atoms with Crippen LogP contribution in [0.3, 0.4) is 0 Å². The molecule has 0 amide bonds. The van der Waals surface area contributed by atoms with Crippen LogP contribution in [0.5, 0.6) is 23.0 Å². The molecule has 10 nitrogen and oxygen atoms in total. The minimum atomic E-state index is -0.798. The first-order chi connectivity index (χ1) is 22.3. The summed E-state index contributed by atoms with van der Waals surface area (Å²) in [6.45, 7) is 4.91. The van der Waals surface area contributed by atoms with Crippen molar-refractivity contribution < 1.29 is 28.5 Å². The molecule has 0 bridgehead atoms. The minimum Gasteiger partial charge on any atom is -0.493 e. The van der Waals surface area contributed by atoms with Gasteiger partial charge in [-0.05, 0) is 95.6 Å². The molecule has 0 spiro atoms. The maximum atomic E-state index is 14.0. The Hall–Kier alpha value is -4.61. The van der Waals surface area contributed by atoms with Gasteiger partial charge in [0, 0.05) is 6.20 Å². The maximum Gasteiger partial charge on any atom is 0.337 e. The predicted molar refractivity (Wildman–Crippen MR) is 181 cm³/mol. The molecule has 1 atom stereocenters. The van der Waals surface area contributed by atoms with Crippen molar-refractivity contribution in [2.75, 3.05) is 27.4 Å². The number of nitrogens with zero attached hydrogens (tertiary/aromatic N) is 3. The first-order valence-electron chi connectivity index (χ1n) is 14.3. The number of benzene rings is 3. The highest BCUT2D eigenvalue weighted by Gasteiger charge is 2.31. The fourth-order valence-electron chi connectivity index (χ4n) is 4.93. The van der Waals surface area contributed by atoms with Crippen molar-refractivity contribution in [3.05, 3.63) is 112 Å². The second-order valence-electron chi connectivity index (χ2n) is 9.88. The Morgan fingerprint density at radius 2 is 1.76 bits per heavy atom. The van der Waals surface area contributed by atoms with Gasteiger partial charge in [-0.3, -0.25) is 9.36 Å². The zero-order valence-corrected chi connectivity index (χ0v) is 28.5. The van der Waals surface area contributed by atoms with Crippen LogP contribution < -0.4 is 33.8 Å². The van der Waals surface area contributed by atoms with Gasteiger partial charge in [-0.1, -0.05) is 29.5 Å². The molecule has 0 fully saturated rings. The summed E-state index contributed by atoms with van der Waals surface area (Å²) < 4.78 is 31.1. The molecule has 46 heavy (non-hydrogen) atoms. The van der Waals surface area contributed by atoms with Crippen molar-refractivity contribution in [3.63, 3.8) is 0 Å². The van der Waals surface area contributed by atoms with Gasteiger partial charge in [0.05, 0.1) is 58.8 Å². The Bertz CT molecular complexity index is 2030. The van der Waals surface area contributed by atoms with Gasteiger partial charge in [-0.15, -0.1) is 0 Å². The molecule has 2 heterocycles.